The highest BCUT2D eigenvalue weighted by Crippen LogP contribution is 2.07. The summed E-state index contributed by atoms with van der Waals surface area (Å²) in [6.45, 7) is 5.84. The second-order valence-electron chi connectivity index (χ2n) is 5.44. The Labute approximate surface area is 125 Å². The summed E-state index contributed by atoms with van der Waals surface area (Å²) in [6, 6.07) is 7.22. The first-order valence-corrected chi connectivity index (χ1v) is 6.69. The average Bonchev–Trinajstić information content (AvgIpc) is 2.36. The standard InChI is InChI=1S/C16H21N3O2/c1-16(2,3)21-15(20)19-11-7-6-9-12-8-4-5-10-13(12)14(17)18/h4-5,8,10H,7,11H2,1-3H3,(H3,17,18)(H,19,20). The van der Waals surface area contributed by atoms with E-state index in [1.165, 1.54) is 0 Å². The maximum atomic E-state index is 11.4. The Morgan fingerprint density at radius 1 is 1.38 bits per heavy atom. The van der Waals surface area contributed by atoms with Crippen molar-refractivity contribution in [3.05, 3.63) is 35.4 Å². The molecule has 0 saturated carbocycles. The van der Waals surface area contributed by atoms with Crippen LogP contribution in [-0.2, 0) is 4.74 Å². The molecule has 1 aromatic carbocycles. The van der Waals surface area contributed by atoms with Gasteiger partial charge in [0.1, 0.15) is 11.4 Å². The lowest BCUT2D eigenvalue weighted by molar-refractivity contribution is 0.0529. The van der Waals surface area contributed by atoms with Crippen LogP contribution >= 0.6 is 0 Å². The molecule has 21 heavy (non-hydrogen) atoms. The normalized spacial score (nSPS) is 10.2. The monoisotopic (exact) mass is 287 g/mol. The van der Waals surface area contributed by atoms with E-state index in [9.17, 15) is 4.79 Å². The van der Waals surface area contributed by atoms with Crippen LogP contribution in [0, 0.1) is 17.3 Å². The summed E-state index contributed by atoms with van der Waals surface area (Å²) in [5.41, 5.74) is 6.31. The third-order valence-corrected chi connectivity index (χ3v) is 2.36. The first-order chi connectivity index (χ1) is 9.79. The van der Waals surface area contributed by atoms with Crippen molar-refractivity contribution >= 4 is 11.9 Å². The highest BCUT2D eigenvalue weighted by molar-refractivity contribution is 5.97. The Balaban J connectivity index is 2.48. The van der Waals surface area contributed by atoms with Crippen LogP contribution in [0.1, 0.15) is 38.3 Å². The van der Waals surface area contributed by atoms with Crippen LogP contribution in [0.5, 0.6) is 0 Å². The highest BCUT2D eigenvalue weighted by Gasteiger charge is 2.15. The van der Waals surface area contributed by atoms with Crippen LogP contribution in [0.25, 0.3) is 0 Å². The van der Waals surface area contributed by atoms with E-state index in [0.717, 1.165) is 0 Å². The number of benzene rings is 1. The summed E-state index contributed by atoms with van der Waals surface area (Å²) in [6.07, 6.45) is 0.0410. The molecule has 0 aliphatic carbocycles. The minimum absolute atomic E-state index is 0.00761. The van der Waals surface area contributed by atoms with Gasteiger partial charge in [-0.3, -0.25) is 5.41 Å². The van der Waals surface area contributed by atoms with Gasteiger partial charge in [0, 0.05) is 24.1 Å². The number of carbonyl (C=O) groups is 1. The van der Waals surface area contributed by atoms with Gasteiger partial charge in [-0.25, -0.2) is 4.79 Å². The first-order valence-electron chi connectivity index (χ1n) is 6.69. The topological polar surface area (TPSA) is 88.2 Å². The van der Waals surface area contributed by atoms with Gasteiger partial charge in [0.25, 0.3) is 0 Å². The van der Waals surface area contributed by atoms with Crippen LogP contribution in [0.3, 0.4) is 0 Å². The molecule has 4 N–H and O–H groups in total. The summed E-state index contributed by atoms with van der Waals surface area (Å²) in [4.78, 5) is 11.4. The zero-order valence-electron chi connectivity index (χ0n) is 12.6. The second kappa shape index (κ2) is 7.34. The predicted octanol–water partition coefficient (Wildman–Crippen LogP) is 2.24. The number of hydrogen-bond acceptors (Lipinski definition) is 3. The number of carbonyl (C=O) groups excluding carboxylic acids is 1. The van der Waals surface area contributed by atoms with Gasteiger partial charge in [0.15, 0.2) is 0 Å². The van der Waals surface area contributed by atoms with E-state index in [4.69, 9.17) is 15.9 Å². The molecule has 5 heteroatoms. The van der Waals surface area contributed by atoms with Gasteiger partial charge < -0.3 is 15.8 Å². The zero-order chi connectivity index (χ0) is 15.9. The summed E-state index contributed by atoms with van der Waals surface area (Å²) in [5.74, 6) is 5.89. The number of nitrogens with one attached hydrogen (secondary N) is 2. The van der Waals surface area contributed by atoms with Gasteiger partial charge in [-0.05, 0) is 26.8 Å². The molecule has 1 aromatic rings. The number of rotatable bonds is 3. The molecule has 0 saturated heterocycles. The van der Waals surface area contributed by atoms with Crippen molar-refractivity contribution in [1.82, 2.24) is 5.32 Å². The Morgan fingerprint density at radius 2 is 2.05 bits per heavy atom. The van der Waals surface area contributed by atoms with Gasteiger partial charge >= 0.3 is 6.09 Å². The van der Waals surface area contributed by atoms with Crippen molar-refractivity contribution < 1.29 is 9.53 Å². The number of nitrogen functional groups attached to an aromatic ring is 1. The predicted molar refractivity (Wildman–Crippen MR) is 83.2 cm³/mol. The van der Waals surface area contributed by atoms with E-state index >= 15 is 0 Å². The molecule has 0 aliphatic heterocycles. The molecule has 0 aromatic heterocycles. The smallest absolute Gasteiger partial charge is 0.407 e. The average molecular weight is 287 g/mol. The van der Waals surface area contributed by atoms with E-state index in [2.05, 4.69) is 17.2 Å². The van der Waals surface area contributed by atoms with Crippen LogP contribution in [-0.4, -0.2) is 24.1 Å². The zero-order valence-corrected chi connectivity index (χ0v) is 12.6. The first kappa shape index (κ1) is 16.6. The number of alkyl carbamates (subject to hydrolysis) is 1. The molecule has 0 heterocycles. The lowest BCUT2D eigenvalue weighted by Crippen LogP contribution is -2.32. The number of amidine groups is 1. The fourth-order valence-electron chi connectivity index (χ4n) is 1.53. The van der Waals surface area contributed by atoms with Gasteiger partial charge in [-0.2, -0.15) is 0 Å². The van der Waals surface area contributed by atoms with Gasteiger partial charge in [-0.15, -0.1) is 0 Å². The van der Waals surface area contributed by atoms with Crippen molar-refractivity contribution in [3.63, 3.8) is 0 Å². The quantitative estimate of drug-likeness (QED) is 0.345. The SMILES string of the molecule is CC(C)(C)OC(=O)NCCC#Cc1ccccc1C(=N)N. The van der Waals surface area contributed by atoms with Crippen molar-refractivity contribution in [2.75, 3.05) is 6.54 Å². The van der Waals surface area contributed by atoms with E-state index in [1.54, 1.807) is 6.07 Å². The summed E-state index contributed by atoms with van der Waals surface area (Å²) >= 11 is 0. The number of nitrogens with two attached hydrogens (primary N) is 1. The number of ether oxygens (including phenoxy) is 1. The summed E-state index contributed by atoms with van der Waals surface area (Å²) in [7, 11) is 0. The van der Waals surface area contributed by atoms with Gasteiger partial charge in [0.05, 0.1) is 0 Å². The molecule has 1 rings (SSSR count). The summed E-state index contributed by atoms with van der Waals surface area (Å²) in [5, 5.41) is 10.1. The minimum atomic E-state index is -0.504. The number of amides is 1. The van der Waals surface area contributed by atoms with Gasteiger partial charge in [-0.1, -0.05) is 30.0 Å². The largest absolute Gasteiger partial charge is 0.444 e. The van der Waals surface area contributed by atoms with Crippen LogP contribution in [0.15, 0.2) is 24.3 Å². The maximum Gasteiger partial charge on any atom is 0.407 e. The van der Waals surface area contributed by atoms with Crippen LogP contribution < -0.4 is 11.1 Å². The van der Waals surface area contributed by atoms with E-state index < -0.39 is 11.7 Å². The lowest BCUT2D eigenvalue weighted by atomic mass is 10.1. The molecule has 112 valence electrons. The highest BCUT2D eigenvalue weighted by atomic mass is 16.6. The minimum Gasteiger partial charge on any atom is -0.444 e. The van der Waals surface area contributed by atoms with Gasteiger partial charge in [0.2, 0.25) is 0 Å². The van der Waals surface area contributed by atoms with Crippen LogP contribution in [0.2, 0.25) is 0 Å². The third-order valence-electron chi connectivity index (χ3n) is 2.36. The molecule has 0 fully saturated rings. The number of hydrogen-bond donors (Lipinski definition) is 3. The van der Waals surface area contributed by atoms with Crippen molar-refractivity contribution in [2.24, 2.45) is 5.73 Å². The lowest BCUT2D eigenvalue weighted by Gasteiger charge is -2.19. The third kappa shape index (κ3) is 6.48. The Hall–Kier alpha value is -2.48. The Morgan fingerprint density at radius 3 is 2.67 bits per heavy atom. The van der Waals surface area contributed by atoms with Crippen molar-refractivity contribution in [2.45, 2.75) is 32.8 Å². The molecular weight excluding hydrogens is 266 g/mol. The van der Waals surface area contributed by atoms with Crippen molar-refractivity contribution in [1.29, 1.82) is 5.41 Å². The maximum absolute atomic E-state index is 11.4. The molecule has 0 aliphatic rings. The Kier molecular flexibility index (Phi) is 5.79. The molecule has 5 nitrogen and oxygen atoms in total. The van der Waals surface area contributed by atoms with Crippen molar-refractivity contribution in [3.8, 4) is 11.8 Å². The molecule has 1 amide bonds. The van der Waals surface area contributed by atoms with E-state index in [-0.39, 0.29) is 5.84 Å². The second-order valence-corrected chi connectivity index (χ2v) is 5.44. The molecule has 0 bridgehead atoms. The fourth-order valence-corrected chi connectivity index (χ4v) is 1.53. The van der Waals surface area contributed by atoms with Crippen LogP contribution in [0.4, 0.5) is 4.79 Å². The van der Waals surface area contributed by atoms with E-state index in [1.807, 2.05) is 39.0 Å². The van der Waals surface area contributed by atoms with E-state index in [0.29, 0.717) is 24.1 Å². The molecule has 0 radical (unpaired) electrons. The Bertz CT molecular complexity index is 577. The molecular formula is C16H21N3O2. The molecule has 0 atom stereocenters. The summed E-state index contributed by atoms with van der Waals surface area (Å²) < 4.78 is 5.11. The molecule has 0 spiro atoms. The fraction of sp³-hybridized carbons (Fsp3) is 0.375. The molecule has 0 unspecified atom stereocenters.